The third kappa shape index (κ3) is 4.64. The Kier molecular flexibility index (Phi) is 5.90. The number of amides is 1. The summed E-state index contributed by atoms with van der Waals surface area (Å²) >= 11 is 1.08. The van der Waals surface area contributed by atoms with Crippen LogP contribution in [0.5, 0.6) is 0 Å². The largest absolute Gasteiger partial charge is 0.476 e. The molecule has 0 aromatic carbocycles. The third-order valence-electron chi connectivity index (χ3n) is 1.76. The zero-order valence-electron chi connectivity index (χ0n) is 10.4. The van der Waals surface area contributed by atoms with Gasteiger partial charge in [0, 0.05) is 12.5 Å². The Hall–Kier alpha value is -2.00. The molecule has 0 fully saturated rings. The number of ether oxygens (including phenoxy) is 1. The van der Waals surface area contributed by atoms with Crippen molar-refractivity contribution in [3.05, 3.63) is 11.1 Å². The molecule has 1 heterocycles. The number of rotatable bonds is 7. The summed E-state index contributed by atoms with van der Waals surface area (Å²) < 4.78 is 4.65. The number of oxime groups is 1. The lowest BCUT2D eigenvalue weighted by atomic mass is 10.3. The van der Waals surface area contributed by atoms with Gasteiger partial charge in [0.15, 0.2) is 5.13 Å². The van der Waals surface area contributed by atoms with Gasteiger partial charge in [-0.25, -0.2) is 9.78 Å². The van der Waals surface area contributed by atoms with Gasteiger partial charge in [0.1, 0.15) is 18.9 Å². The number of hydrogen-bond acceptors (Lipinski definition) is 7. The van der Waals surface area contributed by atoms with Gasteiger partial charge < -0.3 is 14.7 Å². The maximum atomic E-state index is 11.3. The zero-order valence-corrected chi connectivity index (χ0v) is 11.2. The maximum absolute atomic E-state index is 11.3. The van der Waals surface area contributed by atoms with Crippen molar-refractivity contribution < 1.29 is 24.3 Å². The Morgan fingerprint density at radius 2 is 2.32 bits per heavy atom. The fourth-order valence-corrected chi connectivity index (χ4v) is 1.76. The number of carboxylic acids is 1. The molecule has 2 N–H and O–H groups in total. The van der Waals surface area contributed by atoms with Gasteiger partial charge in [-0.1, -0.05) is 5.16 Å². The van der Waals surface area contributed by atoms with Crippen LogP contribution in [0.1, 0.15) is 12.6 Å². The van der Waals surface area contributed by atoms with Crippen molar-refractivity contribution in [3.63, 3.8) is 0 Å². The molecular weight excluding hydrogens is 274 g/mol. The molecule has 1 rings (SSSR count). The molecule has 1 aromatic heterocycles. The Morgan fingerprint density at radius 1 is 1.58 bits per heavy atom. The highest BCUT2D eigenvalue weighted by atomic mass is 32.1. The molecule has 1 amide bonds. The molecule has 19 heavy (non-hydrogen) atoms. The van der Waals surface area contributed by atoms with Crippen LogP contribution in [-0.2, 0) is 19.2 Å². The Bertz CT molecular complexity index is 485. The quantitative estimate of drug-likeness (QED) is 0.560. The van der Waals surface area contributed by atoms with Crippen LogP contribution >= 0.6 is 11.3 Å². The van der Waals surface area contributed by atoms with Crippen LogP contribution in [0.3, 0.4) is 0 Å². The molecule has 0 saturated carbocycles. The van der Waals surface area contributed by atoms with E-state index in [1.165, 1.54) is 12.5 Å². The second-order valence-electron chi connectivity index (χ2n) is 3.18. The van der Waals surface area contributed by atoms with Gasteiger partial charge in [-0.05, 0) is 6.92 Å². The first kappa shape index (κ1) is 15.1. The van der Waals surface area contributed by atoms with Crippen molar-refractivity contribution in [1.29, 1.82) is 0 Å². The number of thiazole rings is 1. The van der Waals surface area contributed by atoms with Gasteiger partial charge in [-0.3, -0.25) is 10.1 Å². The number of nitrogens with zero attached hydrogens (tertiary/aromatic N) is 2. The van der Waals surface area contributed by atoms with Gasteiger partial charge >= 0.3 is 5.97 Å². The van der Waals surface area contributed by atoms with Crippen LogP contribution in [0.25, 0.3) is 0 Å². The van der Waals surface area contributed by atoms with Gasteiger partial charge in [-0.15, -0.1) is 11.3 Å². The summed E-state index contributed by atoms with van der Waals surface area (Å²) in [5.74, 6) is -1.63. The molecule has 9 heteroatoms. The van der Waals surface area contributed by atoms with Crippen molar-refractivity contribution in [2.75, 3.05) is 25.6 Å². The summed E-state index contributed by atoms with van der Waals surface area (Å²) in [6.07, 6.45) is 0. The number of carbonyl (C=O) groups is 2. The van der Waals surface area contributed by atoms with Gasteiger partial charge in [0.05, 0.1) is 0 Å². The Balaban J connectivity index is 2.81. The van der Waals surface area contributed by atoms with Gasteiger partial charge in [0.2, 0.25) is 5.71 Å². The van der Waals surface area contributed by atoms with E-state index < -0.39 is 5.97 Å². The minimum Gasteiger partial charge on any atom is -0.476 e. The van der Waals surface area contributed by atoms with Crippen LogP contribution in [-0.4, -0.2) is 48.0 Å². The molecule has 0 radical (unpaired) electrons. The number of nitrogens with one attached hydrogen (secondary N) is 1. The second-order valence-corrected chi connectivity index (χ2v) is 4.04. The van der Waals surface area contributed by atoms with Crippen molar-refractivity contribution in [1.82, 2.24) is 4.98 Å². The van der Waals surface area contributed by atoms with Crippen LogP contribution in [0.4, 0.5) is 5.13 Å². The molecule has 0 saturated heterocycles. The Labute approximate surface area is 113 Å². The standard InChI is InChI=1S/C10H13N3O5S/c1-3-18-13-8(9(15)16)6-5-19-10(11-6)12-7(14)4-17-2/h5H,3-4H2,1-2H3,(H,15,16)(H,11,12,14). The fraction of sp³-hybridized carbons (Fsp3) is 0.400. The average molecular weight is 287 g/mol. The molecule has 0 aliphatic heterocycles. The Morgan fingerprint density at radius 3 is 2.89 bits per heavy atom. The van der Waals surface area contributed by atoms with E-state index >= 15 is 0 Å². The van der Waals surface area contributed by atoms with Crippen LogP contribution in [0.15, 0.2) is 10.5 Å². The molecule has 0 aliphatic rings. The van der Waals surface area contributed by atoms with E-state index in [1.54, 1.807) is 6.92 Å². The predicted molar refractivity (Wildman–Crippen MR) is 68.4 cm³/mol. The van der Waals surface area contributed by atoms with Crippen molar-refractivity contribution >= 4 is 34.1 Å². The van der Waals surface area contributed by atoms with Crippen molar-refractivity contribution in [3.8, 4) is 0 Å². The van der Waals surface area contributed by atoms with Crippen molar-refractivity contribution in [2.45, 2.75) is 6.92 Å². The maximum Gasteiger partial charge on any atom is 0.360 e. The fourth-order valence-electron chi connectivity index (χ4n) is 1.05. The first-order valence-corrected chi connectivity index (χ1v) is 6.14. The van der Waals surface area contributed by atoms with E-state index in [0.29, 0.717) is 0 Å². The number of carboxylic acid groups (broad SMARTS) is 1. The molecule has 0 spiro atoms. The van der Waals surface area contributed by atoms with Crippen LogP contribution < -0.4 is 5.32 Å². The van der Waals surface area contributed by atoms with Gasteiger partial charge in [-0.2, -0.15) is 0 Å². The number of carbonyl (C=O) groups excluding carboxylic acids is 1. The number of methoxy groups -OCH3 is 1. The highest BCUT2D eigenvalue weighted by Gasteiger charge is 2.18. The number of aliphatic carboxylic acids is 1. The van der Waals surface area contributed by atoms with E-state index in [2.05, 4.69) is 20.2 Å². The van der Waals surface area contributed by atoms with Gasteiger partial charge in [0.25, 0.3) is 5.91 Å². The topological polar surface area (TPSA) is 110 Å². The smallest absolute Gasteiger partial charge is 0.360 e. The lowest BCUT2D eigenvalue weighted by molar-refractivity contribution is -0.129. The van der Waals surface area contributed by atoms with Crippen LogP contribution in [0.2, 0.25) is 0 Å². The van der Waals surface area contributed by atoms with Crippen LogP contribution in [0, 0.1) is 0 Å². The zero-order chi connectivity index (χ0) is 14.3. The molecule has 0 unspecified atom stereocenters. The highest BCUT2D eigenvalue weighted by molar-refractivity contribution is 7.14. The van der Waals surface area contributed by atoms with E-state index in [0.717, 1.165) is 11.3 Å². The summed E-state index contributed by atoms with van der Waals surface area (Å²) in [6, 6.07) is 0. The number of hydrogen-bond donors (Lipinski definition) is 2. The first-order chi connectivity index (χ1) is 9.08. The summed E-state index contributed by atoms with van der Waals surface area (Å²) in [6.45, 7) is 1.83. The third-order valence-corrected chi connectivity index (χ3v) is 2.51. The summed E-state index contributed by atoms with van der Waals surface area (Å²) in [5.41, 5.74) is -0.191. The lowest BCUT2D eigenvalue weighted by Crippen LogP contribution is -2.18. The lowest BCUT2D eigenvalue weighted by Gasteiger charge is -1.99. The normalized spacial score (nSPS) is 11.2. The molecular formula is C10H13N3O5S. The SMILES string of the molecule is CCON=C(C(=O)O)c1csc(NC(=O)COC)n1. The summed E-state index contributed by atoms with van der Waals surface area (Å²) in [7, 11) is 1.39. The van der Waals surface area contributed by atoms with E-state index in [1.807, 2.05) is 0 Å². The number of aromatic nitrogens is 1. The molecule has 104 valence electrons. The second kappa shape index (κ2) is 7.44. The minimum absolute atomic E-state index is 0.103. The van der Waals surface area contributed by atoms with E-state index in [4.69, 9.17) is 9.94 Å². The van der Waals surface area contributed by atoms with E-state index in [9.17, 15) is 9.59 Å². The molecule has 1 aromatic rings. The molecule has 8 nitrogen and oxygen atoms in total. The van der Waals surface area contributed by atoms with E-state index in [-0.39, 0.29) is 35.7 Å². The molecule has 0 atom stereocenters. The monoisotopic (exact) mass is 287 g/mol. The highest BCUT2D eigenvalue weighted by Crippen LogP contribution is 2.16. The first-order valence-electron chi connectivity index (χ1n) is 5.26. The predicted octanol–water partition coefficient (Wildman–Crippen LogP) is 0.553. The molecule has 0 bridgehead atoms. The average Bonchev–Trinajstić information content (AvgIpc) is 2.77. The number of anilines is 1. The summed E-state index contributed by atoms with van der Waals surface area (Å²) in [5, 5.41) is 16.6. The van der Waals surface area contributed by atoms with Crippen molar-refractivity contribution in [2.24, 2.45) is 5.16 Å². The summed E-state index contributed by atoms with van der Waals surface area (Å²) in [4.78, 5) is 30.9. The minimum atomic E-state index is -1.26. The molecule has 0 aliphatic carbocycles.